The van der Waals surface area contributed by atoms with E-state index in [4.69, 9.17) is 4.98 Å². The predicted octanol–water partition coefficient (Wildman–Crippen LogP) is 3.50. The van der Waals surface area contributed by atoms with Gasteiger partial charge in [0.05, 0.1) is 11.6 Å². The summed E-state index contributed by atoms with van der Waals surface area (Å²) in [6.45, 7) is 6.68. The Kier molecular flexibility index (Phi) is 3.75. The molecule has 5 nitrogen and oxygen atoms in total. The van der Waals surface area contributed by atoms with E-state index in [1.807, 2.05) is 23.0 Å². The van der Waals surface area contributed by atoms with Crippen LogP contribution in [0.1, 0.15) is 29.6 Å². The van der Waals surface area contributed by atoms with Crippen molar-refractivity contribution in [3.63, 3.8) is 0 Å². The molecule has 0 amide bonds. The number of para-hydroxylation sites is 2. The molecule has 0 spiro atoms. The monoisotopic (exact) mass is 377 g/mol. The first-order chi connectivity index (χ1) is 13.1. The summed E-state index contributed by atoms with van der Waals surface area (Å²) in [7, 11) is 0. The molecule has 0 saturated carbocycles. The topological polar surface area (TPSA) is 54.6 Å². The van der Waals surface area contributed by atoms with Gasteiger partial charge in [-0.2, -0.15) is 0 Å². The third-order valence-electron chi connectivity index (χ3n) is 5.46. The van der Waals surface area contributed by atoms with Gasteiger partial charge in [0.1, 0.15) is 11.4 Å². The van der Waals surface area contributed by atoms with Crippen LogP contribution in [0.3, 0.4) is 0 Å². The van der Waals surface area contributed by atoms with E-state index in [0.717, 1.165) is 40.5 Å². The van der Waals surface area contributed by atoms with Crippen molar-refractivity contribution in [2.24, 2.45) is 5.92 Å². The van der Waals surface area contributed by atoms with E-state index < -0.39 is 0 Å². The fourth-order valence-electron chi connectivity index (χ4n) is 4.10. The van der Waals surface area contributed by atoms with Gasteiger partial charge in [0.25, 0.3) is 5.56 Å². The number of rotatable bonds is 3. The van der Waals surface area contributed by atoms with Crippen molar-refractivity contribution in [1.29, 1.82) is 0 Å². The number of H-pyrrole nitrogens is 1. The highest BCUT2D eigenvalue weighted by Crippen LogP contribution is 2.35. The number of nitrogens with one attached hydrogen (secondary N) is 1. The van der Waals surface area contributed by atoms with Crippen LogP contribution in [-0.4, -0.2) is 14.5 Å². The van der Waals surface area contributed by atoms with Gasteiger partial charge in [-0.25, -0.2) is 14.1 Å². The molecule has 5 rings (SSSR count). The Hall–Kier alpha value is -2.73. The molecule has 3 aromatic heterocycles. The number of fused-ring (bicyclic) bond motifs is 4. The standard InChI is InChI=1S/C21H20N4OS/c1-3-24-12-25(16-7-5-4-6-15(16)24)11-18-22-20(26)19-14-9-8-13(2)10-17(14)27-21(19)23-18/h3-7,12-13H,1,8-11H2,2H3/p+1/t13-/m0/s1. The normalized spacial score (nSPS) is 16.7. The summed E-state index contributed by atoms with van der Waals surface area (Å²) < 4.78 is 4.08. The summed E-state index contributed by atoms with van der Waals surface area (Å²) in [4.78, 5) is 22.9. The van der Waals surface area contributed by atoms with Crippen molar-refractivity contribution in [3.05, 3.63) is 63.8 Å². The number of nitrogens with zero attached hydrogens (tertiary/aromatic N) is 3. The Bertz CT molecular complexity index is 1250. The lowest BCUT2D eigenvalue weighted by atomic mass is 9.89. The van der Waals surface area contributed by atoms with Crippen molar-refractivity contribution >= 4 is 38.8 Å². The molecular formula is C21H21N4OS+. The van der Waals surface area contributed by atoms with Gasteiger partial charge in [-0.15, -0.1) is 11.3 Å². The van der Waals surface area contributed by atoms with Crippen LogP contribution < -0.4 is 10.1 Å². The van der Waals surface area contributed by atoms with E-state index in [1.165, 1.54) is 10.4 Å². The van der Waals surface area contributed by atoms with Crippen molar-refractivity contribution in [2.45, 2.75) is 32.7 Å². The molecule has 1 atom stereocenters. The number of imidazole rings is 1. The Morgan fingerprint density at radius 1 is 1.44 bits per heavy atom. The second-order valence-electron chi connectivity index (χ2n) is 7.37. The number of aryl methyl sites for hydroxylation is 1. The molecule has 0 fully saturated rings. The van der Waals surface area contributed by atoms with E-state index in [-0.39, 0.29) is 5.56 Å². The molecule has 1 aliphatic rings. The Morgan fingerprint density at radius 2 is 2.30 bits per heavy atom. The highest BCUT2D eigenvalue weighted by molar-refractivity contribution is 7.18. The van der Waals surface area contributed by atoms with Gasteiger partial charge < -0.3 is 4.98 Å². The average Bonchev–Trinajstić information content (AvgIpc) is 3.19. The minimum atomic E-state index is -0.00453. The lowest BCUT2D eigenvalue weighted by molar-refractivity contribution is -0.663. The van der Waals surface area contributed by atoms with E-state index in [9.17, 15) is 4.79 Å². The van der Waals surface area contributed by atoms with E-state index >= 15 is 0 Å². The van der Waals surface area contributed by atoms with Gasteiger partial charge in [-0.1, -0.05) is 25.6 Å². The van der Waals surface area contributed by atoms with Crippen molar-refractivity contribution in [1.82, 2.24) is 14.5 Å². The molecule has 0 aliphatic heterocycles. The van der Waals surface area contributed by atoms with Crippen LogP contribution in [0.2, 0.25) is 0 Å². The molecule has 3 heterocycles. The van der Waals surface area contributed by atoms with Crippen LogP contribution in [0.4, 0.5) is 0 Å². The lowest BCUT2D eigenvalue weighted by Gasteiger charge is -2.17. The fraction of sp³-hybridized carbons (Fsp3) is 0.286. The van der Waals surface area contributed by atoms with Crippen LogP contribution in [0, 0.1) is 5.92 Å². The first-order valence-electron chi connectivity index (χ1n) is 9.29. The summed E-state index contributed by atoms with van der Waals surface area (Å²) in [6, 6.07) is 8.15. The number of hydrogen-bond donors (Lipinski definition) is 1. The number of aromatic amines is 1. The molecule has 1 aromatic carbocycles. The largest absolute Gasteiger partial charge is 0.307 e. The summed E-state index contributed by atoms with van der Waals surface area (Å²) in [6.07, 6.45) is 6.97. The van der Waals surface area contributed by atoms with Crippen molar-refractivity contribution in [2.75, 3.05) is 0 Å². The third-order valence-corrected chi connectivity index (χ3v) is 6.61. The quantitative estimate of drug-likeness (QED) is 0.556. The zero-order chi connectivity index (χ0) is 18.5. The van der Waals surface area contributed by atoms with E-state index in [0.29, 0.717) is 18.3 Å². The molecule has 136 valence electrons. The van der Waals surface area contributed by atoms with Gasteiger partial charge in [-0.3, -0.25) is 4.79 Å². The summed E-state index contributed by atoms with van der Waals surface area (Å²) in [5.41, 5.74) is 3.38. The second-order valence-corrected chi connectivity index (χ2v) is 8.45. The second kappa shape index (κ2) is 6.16. The predicted molar refractivity (Wildman–Crippen MR) is 109 cm³/mol. The van der Waals surface area contributed by atoms with Crippen LogP contribution in [-0.2, 0) is 19.4 Å². The minimum absolute atomic E-state index is 0.00453. The molecule has 0 unspecified atom stereocenters. The third kappa shape index (κ3) is 2.63. The SMILES string of the molecule is C=Cn1c[n+](Cc2nc3sc4c(c3c(=O)[nH]2)CC[C@H](C)C4)c2ccccc21. The zero-order valence-electron chi connectivity index (χ0n) is 15.2. The fourth-order valence-corrected chi connectivity index (χ4v) is 5.50. The highest BCUT2D eigenvalue weighted by atomic mass is 32.1. The molecule has 6 heteroatoms. The summed E-state index contributed by atoms with van der Waals surface area (Å²) in [5, 5.41) is 0.809. The van der Waals surface area contributed by atoms with Crippen molar-refractivity contribution in [3.8, 4) is 0 Å². The molecular weight excluding hydrogens is 356 g/mol. The zero-order valence-corrected chi connectivity index (χ0v) is 16.1. The molecule has 1 N–H and O–H groups in total. The Balaban J connectivity index is 1.61. The van der Waals surface area contributed by atoms with E-state index in [1.54, 1.807) is 17.5 Å². The number of hydrogen-bond acceptors (Lipinski definition) is 3. The minimum Gasteiger partial charge on any atom is -0.307 e. The lowest BCUT2D eigenvalue weighted by Crippen LogP contribution is -2.34. The molecule has 0 radical (unpaired) electrons. The molecule has 1 aliphatic carbocycles. The van der Waals surface area contributed by atoms with Gasteiger partial charge in [0.2, 0.25) is 6.33 Å². The van der Waals surface area contributed by atoms with Gasteiger partial charge >= 0.3 is 0 Å². The molecule has 27 heavy (non-hydrogen) atoms. The van der Waals surface area contributed by atoms with Crippen LogP contribution in [0.15, 0.2) is 42.0 Å². The van der Waals surface area contributed by atoms with Gasteiger partial charge in [0.15, 0.2) is 16.9 Å². The van der Waals surface area contributed by atoms with Crippen LogP contribution in [0.25, 0.3) is 27.4 Å². The molecule has 0 bridgehead atoms. The smallest absolute Gasteiger partial charge is 0.260 e. The first-order valence-corrected chi connectivity index (χ1v) is 10.1. The molecule has 0 saturated heterocycles. The summed E-state index contributed by atoms with van der Waals surface area (Å²) >= 11 is 1.69. The maximum absolute atomic E-state index is 12.8. The van der Waals surface area contributed by atoms with Gasteiger partial charge in [-0.05, 0) is 42.9 Å². The van der Waals surface area contributed by atoms with Crippen LogP contribution in [0.5, 0.6) is 0 Å². The van der Waals surface area contributed by atoms with Crippen molar-refractivity contribution < 1.29 is 4.57 Å². The maximum Gasteiger partial charge on any atom is 0.260 e. The van der Waals surface area contributed by atoms with Gasteiger partial charge in [0, 0.05) is 4.88 Å². The van der Waals surface area contributed by atoms with Crippen LogP contribution >= 0.6 is 11.3 Å². The molecule has 4 aromatic rings. The first kappa shape index (κ1) is 16.4. The number of benzene rings is 1. The highest BCUT2D eigenvalue weighted by Gasteiger charge is 2.23. The summed E-state index contributed by atoms with van der Waals surface area (Å²) in [5.74, 6) is 1.38. The Morgan fingerprint density at radius 3 is 3.15 bits per heavy atom. The average molecular weight is 377 g/mol. The Labute approximate surface area is 160 Å². The van der Waals surface area contributed by atoms with E-state index in [2.05, 4.69) is 35.2 Å². The maximum atomic E-state index is 12.8. The number of aromatic nitrogens is 4. The number of thiophene rings is 1.